The summed E-state index contributed by atoms with van der Waals surface area (Å²) in [6.45, 7) is 3.77. The molecule has 3 aromatic carbocycles. The van der Waals surface area contributed by atoms with Crippen molar-refractivity contribution in [2.24, 2.45) is 13.0 Å². The first kappa shape index (κ1) is 18.3. The SMILES string of the molecule is CC(C)C(=O)c1c(O)cc2c(c1CCc1ccccc1)c1ccccc1n2C. The molecule has 0 saturated heterocycles. The van der Waals surface area contributed by atoms with Crippen LogP contribution in [0.4, 0.5) is 0 Å². The minimum atomic E-state index is -0.172. The molecule has 142 valence electrons. The van der Waals surface area contributed by atoms with Crippen molar-refractivity contribution < 1.29 is 9.90 Å². The van der Waals surface area contributed by atoms with Gasteiger partial charge in [-0.25, -0.2) is 0 Å². The number of phenolic OH excluding ortho intramolecular Hbond substituents is 1. The van der Waals surface area contributed by atoms with Crippen LogP contribution in [-0.4, -0.2) is 15.5 Å². The largest absolute Gasteiger partial charge is 0.507 e. The number of carbonyl (C=O) groups excluding carboxylic acids is 1. The number of ketones is 1. The number of aryl methyl sites for hydroxylation is 3. The number of phenols is 1. The molecule has 1 heterocycles. The molecule has 0 amide bonds. The van der Waals surface area contributed by atoms with Gasteiger partial charge in [0.05, 0.1) is 11.1 Å². The fourth-order valence-corrected chi connectivity index (χ4v) is 4.11. The maximum atomic E-state index is 13.0. The van der Waals surface area contributed by atoms with Crippen molar-refractivity contribution in [3.05, 3.63) is 77.4 Å². The van der Waals surface area contributed by atoms with Crippen LogP contribution in [0.25, 0.3) is 21.8 Å². The Labute approximate surface area is 165 Å². The third-order valence-corrected chi connectivity index (χ3v) is 5.56. The highest BCUT2D eigenvalue weighted by Crippen LogP contribution is 2.38. The maximum absolute atomic E-state index is 13.0. The summed E-state index contributed by atoms with van der Waals surface area (Å²) in [6.07, 6.45) is 1.53. The van der Waals surface area contributed by atoms with Crippen LogP contribution in [0.15, 0.2) is 60.7 Å². The van der Waals surface area contributed by atoms with Crippen LogP contribution in [0.1, 0.15) is 35.3 Å². The van der Waals surface area contributed by atoms with Gasteiger partial charge in [-0.15, -0.1) is 0 Å². The highest BCUT2D eigenvalue weighted by atomic mass is 16.3. The van der Waals surface area contributed by atoms with Crippen molar-refractivity contribution >= 4 is 27.6 Å². The van der Waals surface area contributed by atoms with Crippen LogP contribution in [0, 0.1) is 5.92 Å². The van der Waals surface area contributed by atoms with Crippen LogP contribution in [-0.2, 0) is 19.9 Å². The van der Waals surface area contributed by atoms with E-state index < -0.39 is 0 Å². The lowest BCUT2D eigenvalue weighted by molar-refractivity contribution is 0.0936. The number of hydrogen-bond acceptors (Lipinski definition) is 2. The van der Waals surface area contributed by atoms with Gasteiger partial charge in [0.2, 0.25) is 0 Å². The molecule has 0 spiro atoms. The van der Waals surface area contributed by atoms with Crippen molar-refractivity contribution in [1.82, 2.24) is 4.57 Å². The smallest absolute Gasteiger partial charge is 0.169 e. The second kappa shape index (κ2) is 7.16. The molecule has 4 aromatic rings. The fourth-order valence-electron chi connectivity index (χ4n) is 4.11. The van der Waals surface area contributed by atoms with Crippen molar-refractivity contribution in [3.63, 3.8) is 0 Å². The van der Waals surface area contributed by atoms with Gasteiger partial charge in [0.25, 0.3) is 0 Å². The van der Waals surface area contributed by atoms with E-state index >= 15 is 0 Å². The molecular formula is C25H25NO2. The molecule has 0 bridgehead atoms. The number of para-hydroxylation sites is 1. The van der Waals surface area contributed by atoms with Crippen molar-refractivity contribution in [2.75, 3.05) is 0 Å². The third-order valence-electron chi connectivity index (χ3n) is 5.56. The van der Waals surface area contributed by atoms with Gasteiger partial charge >= 0.3 is 0 Å². The molecule has 1 aromatic heterocycles. The van der Waals surface area contributed by atoms with E-state index in [1.54, 1.807) is 6.07 Å². The third kappa shape index (κ3) is 2.97. The Morgan fingerprint density at radius 1 is 0.964 bits per heavy atom. The summed E-state index contributed by atoms with van der Waals surface area (Å²) < 4.78 is 2.10. The second-order valence-corrected chi connectivity index (χ2v) is 7.72. The lowest BCUT2D eigenvalue weighted by Crippen LogP contribution is -2.12. The molecule has 0 aliphatic rings. The number of aromatic nitrogens is 1. The van der Waals surface area contributed by atoms with Gasteiger partial charge in [-0.05, 0) is 30.0 Å². The summed E-state index contributed by atoms with van der Waals surface area (Å²) in [6, 6.07) is 20.3. The van der Waals surface area contributed by atoms with E-state index in [0.717, 1.165) is 33.8 Å². The quantitative estimate of drug-likeness (QED) is 0.460. The standard InChI is InChI=1S/C25H25NO2/c1-16(2)25(28)24-19(14-13-17-9-5-4-6-10-17)23-18-11-7-8-12-20(18)26(3)21(23)15-22(24)27/h4-12,15-16,27H,13-14H2,1-3H3. The van der Waals surface area contributed by atoms with Gasteiger partial charge in [-0.2, -0.15) is 0 Å². The minimum Gasteiger partial charge on any atom is -0.507 e. The van der Waals surface area contributed by atoms with Gasteiger partial charge in [-0.1, -0.05) is 62.4 Å². The summed E-state index contributed by atoms with van der Waals surface area (Å²) in [5.74, 6) is -0.0932. The van der Waals surface area contributed by atoms with Gasteiger partial charge in [-0.3, -0.25) is 4.79 Å². The molecule has 0 radical (unpaired) electrons. The highest BCUT2D eigenvalue weighted by molar-refractivity contribution is 6.15. The van der Waals surface area contributed by atoms with E-state index in [0.29, 0.717) is 12.0 Å². The number of aromatic hydroxyl groups is 1. The molecule has 3 nitrogen and oxygen atoms in total. The normalized spacial score (nSPS) is 11.6. The average Bonchev–Trinajstić information content (AvgIpc) is 2.98. The van der Waals surface area contributed by atoms with Crippen molar-refractivity contribution in [2.45, 2.75) is 26.7 Å². The Morgan fingerprint density at radius 3 is 2.36 bits per heavy atom. The highest BCUT2D eigenvalue weighted by Gasteiger charge is 2.24. The molecule has 28 heavy (non-hydrogen) atoms. The number of nitrogens with zero attached hydrogens (tertiary/aromatic N) is 1. The second-order valence-electron chi connectivity index (χ2n) is 7.72. The number of rotatable bonds is 5. The van der Waals surface area contributed by atoms with Gasteiger partial charge in [0.15, 0.2) is 5.78 Å². The fraction of sp³-hybridized carbons (Fsp3) is 0.240. The molecule has 1 N–H and O–H groups in total. The molecule has 3 heteroatoms. The molecule has 4 rings (SSSR count). The van der Waals surface area contributed by atoms with Crippen LogP contribution in [0.3, 0.4) is 0 Å². The summed E-state index contributed by atoms with van der Waals surface area (Å²) in [7, 11) is 2.01. The topological polar surface area (TPSA) is 42.2 Å². The first-order valence-electron chi connectivity index (χ1n) is 9.79. The number of benzene rings is 3. The van der Waals surface area contributed by atoms with Crippen LogP contribution < -0.4 is 0 Å². The number of hydrogen-bond donors (Lipinski definition) is 1. The monoisotopic (exact) mass is 371 g/mol. The van der Waals surface area contributed by atoms with Gasteiger partial charge in [0.1, 0.15) is 5.75 Å². The van der Waals surface area contributed by atoms with Crippen LogP contribution >= 0.6 is 0 Å². The predicted molar refractivity (Wildman–Crippen MR) is 115 cm³/mol. The first-order valence-corrected chi connectivity index (χ1v) is 9.79. The lowest BCUT2D eigenvalue weighted by Gasteiger charge is -2.15. The summed E-state index contributed by atoms with van der Waals surface area (Å²) in [5, 5.41) is 13.0. The Bertz CT molecular complexity index is 1170. The predicted octanol–water partition coefficient (Wildman–Crippen LogP) is 5.66. The Balaban J connectivity index is 2.00. The van der Waals surface area contributed by atoms with Crippen LogP contribution in [0.2, 0.25) is 0 Å². The molecule has 0 atom stereocenters. The molecule has 0 fully saturated rings. The lowest BCUT2D eigenvalue weighted by atomic mass is 9.89. The number of Topliss-reactive ketones (excluding diaryl/α,β-unsaturated/α-hetero) is 1. The van der Waals surface area contributed by atoms with E-state index in [2.05, 4.69) is 28.8 Å². The molecule has 0 aliphatic heterocycles. The van der Waals surface area contributed by atoms with E-state index in [1.807, 2.05) is 51.2 Å². The van der Waals surface area contributed by atoms with Gasteiger partial charge in [0, 0.05) is 35.3 Å². The van der Waals surface area contributed by atoms with Gasteiger partial charge < -0.3 is 9.67 Å². The van der Waals surface area contributed by atoms with E-state index in [4.69, 9.17) is 0 Å². The Kier molecular flexibility index (Phi) is 4.68. The minimum absolute atomic E-state index is 0.00426. The Hall–Kier alpha value is -3.07. The summed E-state index contributed by atoms with van der Waals surface area (Å²) in [5.41, 5.74) is 4.72. The number of carbonyl (C=O) groups is 1. The van der Waals surface area contributed by atoms with E-state index in [1.165, 1.54) is 5.56 Å². The van der Waals surface area contributed by atoms with Crippen LogP contribution in [0.5, 0.6) is 5.75 Å². The summed E-state index contributed by atoms with van der Waals surface area (Å²) in [4.78, 5) is 13.0. The summed E-state index contributed by atoms with van der Waals surface area (Å²) >= 11 is 0. The van der Waals surface area contributed by atoms with Crippen molar-refractivity contribution in [3.8, 4) is 5.75 Å². The molecular weight excluding hydrogens is 346 g/mol. The first-order chi connectivity index (χ1) is 13.5. The van der Waals surface area contributed by atoms with E-state index in [-0.39, 0.29) is 17.5 Å². The number of fused-ring (bicyclic) bond motifs is 3. The van der Waals surface area contributed by atoms with E-state index in [9.17, 15) is 9.90 Å². The zero-order valence-electron chi connectivity index (χ0n) is 16.6. The Morgan fingerprint density at radius 2 is 1.64 bits per heavy atom. The molecule has 0 aliphatic carbocycles. The zero-order chi connectivity index (χ0) is 19.8. The average molecular weight is 371 g/mol. The molecule has 0 unspecified atom stereocenters. The molecule has 0 saturated carbocycles. The van der Waals surface area contributed by atoms with Crippen molar-refractivity contribution in [1.29, 1.82) is 0 Å². The zero-order valence-corrected chi connectivity index (χ0v) is 16.6. The maximum Gasteiger partial charge on any atom is 0.169 e.